The molecule has 0 heterocycles. The van der Waals surface area contributed by atoms with Gasteiger partial charge < -0.3 is 37.0 Å². The Labute approximate surface area is 302 Å². The molecule has 0 saturated heterocycles. The summed E-state index contributed by atoms with van der Waals surface area (Å²) in [5.41, 5.74) is 0. The standard InChI is InChI=1S/2C5H12O2.C3H8O2.12CH4.CH3.3U/c2*1-2-4-7-5-3-6;1-5-3-2-4;;;;;;;;;;;;;;;;/h2*6H,2-5H2,1H3;4H,2-3H2,1H3;12*1H4;1H3;;;/q;;;;;;;;;;;;;;;-1;;;. The molecule has 0 fully saturated rings. The molecular weight excluding hydrogens is 1120 g/mol. The SMILES string of the molecule is C.C.C.C.C.C.C.C.C.C.C.C.CCCOCCO.CCCOCCO.COCCO.[CH3-].[U].[U].[U]. The molecule has 0 aromatic carbocycles. The summed E-state index contributed by atoms with van der Waals surface area (Å²) in [6.45, 7) is 7.41. The second kappa shape index (κ2) is 188. The fraction of sp³-hybridized carbons (Fsp3) is 0.962. The molecule has 0 atom stereocenters. The van der Waals surface area contributed by atoms with Crippen LogP contribution in [0.25, 0.3) is 0 Å². The normalized spacial score (nSPS) is 4.97. The molecule has 3 N–H and O–H groups in total. The van der Waals surface area contributed by atoms with E-state index in [-0.39, 0.29) is 210 Å². The van der Waals surface area contributed by atoms with Gasteiger partial charge in [-0.1, -0.05) is 103 Å². The summed E-state index contributed by atoms with van der Waals surface area (Å²) in [5, 5.41) is 24.3. The fourth-order valence-corrected chi connectivity index (χ4v) is 0.713. The Bertz CT molecular complexity index is 113. The van der Waals surface area contributed by atoms with Crippen LogP contribution in [-0.4, -0.2) is 75.3 Å². The molecule has 0 aliphatic heterocycles. The number of aliphatic hydroxyl groups is 3. The van der Waals surface area contributed by atoms with Gasteiger partial charge in [-0.05, 0) is 12.8 Å². The van der Waals surface area contributed by atoms with Gasteiger partial charge in [0.2, 0.25) is 0 Å². The number of hydrogen-bond donors (Lipinski definition) is 3. The van der Waals surface area contributed by atoms with Gasteiger partial charge in [0.15, 0.2) is 0 Å². The van der Waals surface area contributed by atoms with Gasteiger partial charge in [-0.25, -0.2) is 0 Å². The zero-order chi connectivity index (χ0) is 15.2. The molecule has 0 aromatic heterocycles. The molecule has 0 aliphatic rings. The fourth-order valence-electron chi connectivity index (χ4n) is 0.713. The van der Waals surface area contributed by atoms with E-state index in [1.54, 1.807) is 7.11 Å². The smallest absolute Gasteiger partial charge is 0.0697 e. The number of hydrogen-bond acceptors (Lipinski definition) is 6. The molecule has 0 unspecified atom stereocenters. The van der Waals surface area contributed by atoms with Crippen LogP contribution in [0.5, 0.6) is 0 Å². The average molecular weight is 1210 g/mol. The van der Waals surface area contributed by atoms with Crippen LogP contribution < -0.4 is 0 Å². The van der Waals surface area contributed by atoms with Crippen LogP contribution in [0.15, 0.2) is 0 Å². The van der Waals surface area contributed by atoms with Crippen molar-refractivity contribution in [2.24, 2.45) is 0 Å². The third-order valence-electron chi connectivity index (χ3n) is 1.46. The van der Waals surface area contributed by atoms with Gasteiger partial charge in [0.1, 0.15) is 0 Å². The maximum atomic E-state index is 8.17. The molecule has 0 rings (SSSR count). The molecule has 0 amide bonds. The summed E-state index contributed by atoms with van der Waals surface area (Å²) in [5.74, 6) is 0. The first-order valence-electron chi connectivity index (χ1n) is 6.71. The molecule has 0 radical (unpaired) electrons. The largest absolute Gasteiger partial charge is 0.394 e. The summed E-state index contributed by atoms with van der Waals surface area (Å²) in [7, 11) is 1.55. The second-order valence-corrected chi connectivity index (χ2v) is 3.39. The van der Waals surface area contributed by atoms with E-state index >= 15 is 0 Å². The van der Waals surface area contributed by atoms with Crippen molar-refractivity contribution >= 4 is 0 Å². The molecule has 6 nitrogen and oxygen atoms in total. The zero-order valence-corrected chi connectivity index (χ0v) is 27.6. The molecule has 0 spiro atoms. The maximum absolute atomic E-state index is 8.17. The minimum Gasteiger partial charge on any atom is -0.394 e. The average Bonchev–Trinajstić information content (AvgIpc) is 2.42. The van der Waals surface area contributed by atoms with Gasteiger partial charge in [0.05, 0.1) is 39.6 Å². The summed E-state index contributed by atoms with van der Waals surface area (Å²) in [6, 6.07) is 0. The summed E-state index contributed by atoms with van der Waals surface area (Å²) < 4.78 is 14.2. The zero-order valence-electron chi connectivity index (χ0n) is 15.1. The predicted octanol–water partition coefficient (Wildman–Crippen LogP) is 8.52. The van der Waals surface area contributed by atoms with Crippen LogP contribution in [-0.2, 0) is 14.2 Å². The molecule has 9 heteroatoms. The van der Waals surface area contributed by atoms with Gasteiger partial charge in [-0.2, -0.15) is 0 Å². The van der Waals surface area contributed by atoms with E-state index in [4.69, 9.17) is 24.8 Å². The Morgan fingerprint density at radius 2 is 0.629 bits per heavy atom. The molecular formula is C26H83O6U3-. The van der Waals surface area contributed by atoms with Gasteiger partial charge >= 0.3 is 0 Å². The van der Waals surface area contributed by atoms with Crippen LogP contribution in [0.1, 0.15) is 116 Å². The summed E-state index contributed by atoms with van der Waals surface area (Å²) >= 11 is 0. The monoisotopic (exact) mass is 1210 g/mol. The molecule has 0 aliphatic carbocycles. The van der Waals surface area contributed by atoms with Gasteiger partial charge in [-0.3, -0.25) is 0 Å². The maximum Gasteiger partial charge on any atom is 0.0697 e. The number of aliphatic hydroxyl groups excluding tert-OH is 3. The van der Waals surface area contributed by atoms with Crippen LogP contribution in [0.3, 0.4) is 0 Å². The van der Waals surface area contributed by atoms with E-state index in [0.29, 0.717) is 19.8 Å². The number of ether oxygens (including phenoxy) is 3. The molecule has 236 valence electrons. The first-order valence-corrected chi connectivity index (χ1v) is 6.71. The molecule has 0 aromatic rings. The third kappa shape index (κ3) is 270. The van der Waals surface area contributed by atoms with Crippen molar-refractivity contribution in [3.05, 3.63) is 7.43 Å². The quantitative estimate of drug-likeness (QED) is 0.150. The topological polar surface area (TPSA) is 88.4 Å². The van der Waals surface area contributed by atoms with Crippen LogP contribution in [0.4, 0.5) is 0 Å². The Morgan fingerprint density at radius 3 is 0.714 bits per heavy atom. The van der Waals surface area contributed by atoms with Crippen molar-refractivity contribution in [3.63, 3.8) is 0 Å². The van der Waals surface area contributed by atoms with Gasteiger partial charge in [-0.15, -0.1) is 0 Å². The van der Waals surface area contributed by atoms with Gasteiger partial charge in [0.25, 0.3) is 0 Å². The summed E-state index contributed by atoms with van der Waals surface area (Å²) in [4.78, 5) is 0. The van der Waals surface area contributed by atoms with E-state index in [1.165, 1.54) is 0 Å². The van der Waals surface area contributed by atoms with E-state index in [9.17, 15) is 0 Å². The van der Waals surface area contributed by atoms with E-state index in [1.807, 2.05) is 13.8 Å². The number of rotatable bonds is 10. The van der Waals surface area contributed by atoms with Crippen LogP contribution >= 0.6 is 0 Å². The summed E-state index contributed by atoms with van der Waals surface area (Å²) in [6.07, 6.45) is 2.06. The Balaban J connectivity index is -0.00000000529. The number of methoxy groups -OCH3 is 1. The van der Waals surface area contributed by atoms with Gasteiger partial charge in [0, 0.05) is 114 Å². The third-order valence-corrected chi connectivity index (χ3v) is 1.46. The minimum atomic E-state index is 0. The first kappa shape index (κ1) is 144. The Kier molecular flexibility index (Phi) is 776. The van der Waals surface area contributed by atoms with E-state index < -0.39 is 0 Å². The van der Waals surface area contributed by atoms with Crippen LogP contribution in [0.2, 0.25) is 0 Å². The van der Waals surface area contributed by atoms with E-state index in [0.717, 1.165) is 26.1 Å². The van der Waals surface area contributed by atoms with Crippen molar-refractivity contribution in [2.45, 2.75) is 116 Å². The van der Waals surface area contributed by atoms with Crippen LogP contribution in [0, 0.1) is 101 Å². The molecule has 0 bridgehead atoms. The first-order chi connectivity index (χ1) is 9.24. The van der Waals surface area contributed by atoms with Crippen molar-refractivity contribution in [2.75, 3.05) is 60.0 Å². The Hall–Kier alpha value is 2.92. The van der Waals surface area contributed by atoms with Crippen molar-refractivity contribution in [1.29, 1.82) is 0 Å². The predicted molar refractivity (Wildman–Crippen MR) is 163 cm³/mol. The van der Waals surface area contributed by atoms with E-state index in [2.05, 4.69) is 4.74 Å². The van der Waals surface area contributed by atoms with Crippen molar-refractivity contribution < 1.29 is 123 Å². The minimum absolute atomic E-state index is 0. The second-order valence-electron chi connectivity index (χ2n) is 3.39. The molecule has 35 heavy (non-hydrogen) atoms. The van der Waals surface area contributed by atoms with Crippen molar-refractivity contribution in [1.82, 2.24) is 0 Å². The Morgan fingerprint density at radius 1 is 0.429 bits per heavy atom. The molecule has 0 saturated carbocycles. The van der Waals surface area contributed by atoms with Crippen molar-refractivity contribution in [3.8, 4) is 0 Å².